The van der Waals surface area contributed by atoms with Crippen LogP contribution in [-0.4, -0.2) is 21.0 Å². The molecule has 11 heteroatoms. The van der Waals surface area contributed by atoms with E-state index in [0.29, 0.717) is 5.75 Å². The van der Waals surface area contributed by atoms with Gasteiger partial charge in [0.2, 0.25) is 0 Å². The summed E-state index contributed by atoms with van der Waals surface area (Å²) in [5.41, 5.74) is 5.10. The van der Waals surface area contributed by atoms with Gasteiger partial charge in [0, 0.05) is 11.8 Å². The molecule has 0 heterocycles. The van der Waals surface area contributed by atoms with Gasteiger partial charge in [-0.3, -0.25) is 0 Å². The minimum Gasteiger partial charge on any atom is -0.465 e. The van der Waals surface area contributed by atoms with Crippen LogP contribution in [0.25, 0.3) is 0 Å². The minimum atomic E-state index is -3.57. The van der Waals surface area contributed by atoms with Crippen LogP contribution in [0.5, 0.6) is 5.75 Å². The maximum Gasteiger partial charge on any atom is 0.402 e. The molecular weight excluding hydrogens is 295 g/mol. The Morgan fingerprint density at radius 2 is 1.53 bits per heavy atom. The van der Waals surface area contributed by atoms with Crippen molar-refractivity contribution in [1.29, 1.82) is 0 Å². The lowest BCUT2D eigenvalue weighted by molar-refractivity contribution is 0.205. The van der Waals surface area contributed by atoms with Crippen LogP contribution >= 0.6 is 6.72 Å². The quantitative estimate of drug-likeness (QED) is 0.394. The van der Waals surface area contributed by atoms with Crippen LogP contribution < -0.4 is 28.7 Å². The predicted molar refractivity (Wildman–Crippen MR) is 77.8 cm³/mol. The molecule has 0 aromatic heterocycles. The van der Waals surface area contributed by atoms with E-state index in [1.165, 1.54) is 0 Å². The highest BCUT2D eigenvalue weighted by Crippen LogP contribution is 2.37. The maximum absolute atomic E-state index is 8.80. The summed E-state index contributed by atoms with van der Waals surface area (Å²) < 4.78 is 4.69. The highest BCUT2D eigenvalue weighted by Gasteiger charge is 2.08. The van der Waals surface area contributed by atoms with Gasteiger partial charge in [0.1, 0.15) is 5.75 Å². The zero-order valence-electron chi connectivity index (χ0n) is 10.5. The van der Waals surface area contributed by atoms with Gasteiger partial charge in [-0.15, -0.1) is 0 Å². The van der Waals surface area contributed by atoms with Crippen LogP contribution in [0.4, 0.5) is 4.79 Å². The minimum absolute atomic E-state index is 0. The third-order valence-electron chi connectivity index (χ3n) is 1.25. The van der Waals surface area contributed by atoms with E-state index in [1.807, 2.05) is 6.92 Å². The van der Waals surface area contributed by atoms with Gasteiger partial charge in [0.15, 0.2) is 0 Å². The summed E-state index contributed by atoms with van der Waals surface area (Å²) in [4.78, 5) is 26.4. The third-order valence-corrected chi connectivity index (χ3v) is 1.92. The first-order chi connectivity index (χ1) is 7.20. The van der Waals surface area contributed by atoms with E-state index in [1.54, 1.807) is 24.3 Å². The zero-order chi connectivity index (χ0) is 12.8. The van der Waals surface area contributed by atoms with Crippen molar-refractivity contribution >= 4 is 24.6 Å². The van der Waals surface area contributed by atoms with Gasteiger partial charge in [0.05, 0.1) is 0 Å². The number of amides is 1. The number of rotatable bonds is 2. The predicted octanol–water partition coefficient (Wildman–Crippen LogP) is 1.69. The molecule has 0 saturated carbocycles. The fraction of sp³-hybridized carbons (Fsp3) is 0.125. The molecule has 14 N–H and O–H groups in total. The van der Waals surface area contributed by atoms with Gasteiger partial charge in [-0.1, -0.05) is 17.7 Å². The molecule has 0 bridgehead atoms. The molecule has 9 nitrogen and oxygen atoms in total. The SMILES string of the molecule is Cc1ccc(OP(O)(O)=S)cc1.N.N.N.NC(=O)O. The Bertz CT molecular complexity index is 393. The number of carboxylic acid groups (broad SMARTS) is 1. The first-order valence-electron chi connectivity index (χ1n) is 4.01. The summed E-state index contributed by atoms with van der Waals surface area (Å²) in [5.74, 6) is 0.383. The summed E-state index contributed by atoms with van der Waals surface area (Å²) in [6.07, 6.45) is -1.33. The fourth-order valence-electron chi connectivity index (χ4n) is 0.736. The normalized spacial score (nSPS) is 8.37. The number of hydrogen-bond donors (Lipinski definition) is 7. The monoisotopic (exact) mass is 316 g/mol. The van der Waals surface area contributed by atoms with Crippen molar-refractivity contribution in [3.63, 3.8) is 0 Å². The second-order valence-electron chi connectivity index (χ2n) is 2.73. The van der Waals surface area contributed by atoms with Gasteiger partial charge in [-0.05, 0) is 19.1 Å². The van der Waals surface area contributed by atoms with Crippen LogP contribution in [0.15, 0.2) is 24.3 Å². The van der Waals surface area contributed by atoms with E-state index >= 15 is 0 Å². The molecule has 0 saturated heterocycles. The van der Waals surface area contributed by atoms with Crippen LogP contribution in [0, 0.1) is 6.92 Å². The van der Waals surface area contributed by atoms with Gasteiger partial charge >= 0.3 is 12.8 Å². The largest absolute Gasteiger partial charge is 0.465 e. The zero-order valence-corrected chi connectivity index (χ0v) is 12.2. The number of carbonyl (C=O) groups is 1. The van der Waals surface area contributed by atoms with E-state index in [0.717, 1.165) is 5.56 Å². The van der Waals surface area contributed by atoms with Crippen molar-refractivity contribution in [2.45, 2.75) is 6.92 Å². The summed E-state index contributed by atoms with van der Waals surface area (Å²) in [5, 5.41) is 7.19. The molecule has 0 aliphatic heterocycles. The van der Waals surface area contributed by atoms with Crippen LogP contribution in [0.1, 0.15) is 5.56 Å². The molecule has 1 amide bonds. The number of hydrogen-bond acceptors (Lipinski definition) is 6. The van der Waals surface area contributed by atoms with Gasteiger partial charge < -0.3 is 43.6 Å². The lowest BCUT2D eigenvalue weighted by atomic mass is 10.2. The number of nitrogens with two attached hydrogens (primary N) is 1. The highest BCUT2D eigenvalue weighted by atomic mass is 32.5. The first kappa shape index (κ1) is 26.3. The Morgan fingerprint density at radius 1 is 1.21 bits per heavy atom. The lowest BCUT2D eigenvalue weighted by Crippen LogP contribution is -2.03. The second-order valence-corrected chi connectivity index (χ2v) is 5.32. The van der Waals surface area contributed by atoms with Crippen LogP contribution in [0.2, 0.25) is 0 Å². The van der Waals surface area contributed by atoms with Crippen molar-refractivity contribution in [3.05, 3.63) is 29.8 Å². The number of aryl methyl sites for hydroxylation is 1. The van der Waals surface area contributed by atoms with Crippen molar-refractivity contribution in [2.24, 2.45) is 5.73 Å². The Hall–Kier alpha value is -1.26. The smallest absolute Gasteiger partial charge is 0.402 e. The first-order valence-corrected chi connectivity index (χ1v) is 6.63. The average molecular weight is 316 g/mol. The van der Waals surface area contributed by atoms with Gasteiger partial charge in [0.25, 0.3) is 0 Å². The molecule has 0 unspecified atom stereocenters. The summed E-state index contributed by atoms with van der Waals surface area (Å²) in [6, 6.07) is 6.90. The van der Waals surface area contributed by atoms with Crippen molar-refractivity contribution in [3.8, 4) is 5.75 Å². The molecule has 0 fully saturated rings. The Morgan fingerprint density at radius 3 is 1.79 bits per heavy atom. The molecule has 1 aromatic carbocycles. The molecule has 1 aromatic rings. The second kappa shape index (κ2) is 11.8. The Kier molecular flexibility index (Phi) is 16.4. The molecule has 1 rings (SSSR count). The molecule has 0 radical (unpaired) electrons. The number of benzene rings is 1. The van der Waals surface area contributed by atoms with Crippen LogP contribution in [-0.2, 0) is 11.8 Å². The van der Waals surface area contributed by atoms with Gasteiger partial charge in [-0.2, -0.15) is 0 Å². The molecule has 0 spiro atoms. The fourth-order valence-corrected chi connectivity index (χ4v) is 1.39. The molecule has 0 atom stereocenters. The maximum atomic E-state index is 8.80. The van der Waals surface area contributed by atoms with E-state index in [4.69, 9.17) is 24.2 Å². The van der Waals surface area contributed by atoms with E-state index < -0.39 is 12.8 Å². The van der Waals surface area contributed by atoms with Crippen molar-refractivity contribution in [2.75, 3.05) is 0 Å². The lowest BCUT2D eigenvalue weighted by Gasteiger charge is -2.09. The Labute approximate surface area is 116 Å². The van der Waals surface area contributed by atoms with E-state index in [2.05, 4.69) is 17.5 Å². The average Bonchev–Trinajstić information content (AvgIpc) is 2.05. The molecule has 114 valence electrons. The summed E-state index contributed by atoms with van der Waals surface area (Å²) in [6.45, 7) is -1.64. The van der Waals surface area contributed by atoms with E-state index in [9.17, 15) is 0 Å². The highest BCUT2D eigenvalue weighted by molar-refractivity contribution is 8.06. The Balaban J connectivity index is -0.000000144. The molecule has 19 heavy (non-hydrogen) atoms. The third kappa shape index (κ3) is 19.3. The number of primary amides is 1. The van der Waals surface area contributed by atoms with Gasteiger partial charge in [-0.25, -0.2) is 4.79 Å². The van der Waals surface area contributed by atoms with Crippen molar-refractivity contribution < 1.29 is 24.2 Å². The standard InChI is InChI=1S/C7H9O3PS.CH3NO2.3H3N/c1-6-2-4-7(5-3-6)10-11(8,9)12;2-1(3)4;;;/h2-5H,1H3,(H2,8,9,12);2H2,(H,3,4);3*1H3. The topological polar surface area (TPSA) is 218 Å². The summed E-state index contributed by atoms with van der Waals surface area (Å²) in [7, 11) is 0. The molecule has 0 aliphatic rings. The van der Waals surface area contributed by atoms with Crippen LogP contribution in [0.3, 0.4) is 0 Å². The van der Waals surface area contributed by atoms with Crippen molar-refractivity contribution in [1.82, 2.24) is 18.5 Å². The summed E-state index contributed by atoms with van der Waals surface area (Å²) >= 11 is 4.30. The molecular formula is C8H21N4O5PS. The molecule has 0 aliphatic carbocycles. The van der Waals surface area contributed by atoms with E-state index in [-0.39, 0.29) is 18.5 Å².